The molecular formula is C26H30N2O4S. The van der Waals surface area contributed by atoms with Crippen molar-refractivity contribution < 1.29 is 17.9 Å². The van der Waals surface area contributed by atoms with Crippen LogP contribution in [0.25, 0.3) is 0 Å². The van der Waals surface area contributed by atoms with Crippen LogP contribution in [0.1, 0.15) is 36.6 Å². The van der Waals surface area contributed by atoms with E-state index in [1.807, 2.05) is 38.1 Å². The molecule has 3 rings (SSSR count). The number of benzene rings is 3. The highest BCUT2D eigenvalue weighted by Crippen LogP contribution is 2.27. The molecule has 0 saturated carbocycles. The van der Waals surface area contributed by atoms with E-state index in [4.69, 9.17) is 4.74 Å². The Morgan fingerprint density at radius 1 is 1.03 bits per heavy atom. The van der Waals surface area contributed by atoms with Gasteiger partial charge >= 0.3 is 0 Å². The lowest BCUT2D eigenvalue weighted by molar-refractivity contribution is -0.120. The number of nitrogens with one attached hydrogen (secondary N) is 1. The number of methoxy groups -OCH3 is 1. The average Bonchev–Trinajstić information content (AvgIpc) is 2.82. The van der Waals surface area contributed by atoms with Crippen LogP contribution in [0.4, 0.5) is 5.69 Å². The van der Waals surface area contributed by atoms with Crippen LogP contribution >= 0.6 is 0 Å². The summed E-state index contributed by atoms with van der Waals surface area (Å²) in [5.41, 5.74) is 3.47. The molecular weight excluding hydrogens is 436 g/mol. The van der Waals surface area contributed by atoms with Gasteiger partial charge in [0.05, 0.1) is 23.7 Å². The number of carbonyl (C=O) groups is 1. The Kier molecular flexibility index (Phi) is 7.76. The Labute approximate surface area is 196 Å². The minimum Gasteiger partial charge on any atom is -0.497 e. The Hall–Kier alpha value is -3.32. The molecule has 0 aromatic heterocycles. The van der Waals surface area contributed by atoms with Crippen LogP contribution in [0, 0.1) is 6.92 Å². The third-order valence-electron chi connectivity index (χ3n) is 5.50. The fourth-order valence-electron chi connectivity index (χ4n) is 3.46. The van der Waals surface area contributed by atoms with Crippen molar-refractivity contribution in [2.24, 2.45) is 0 Å². The summed E-state index contributed by atoms with van der Waals surface area (Å²) in [5.74, 6) is 0.0990. The van der Waals surface area contributed by atoms with Gasteiger partial charge in [-0.2, -0.15) is 0 Å². The van der Waals surface area contributed by atoms with Crippen molar-refractivity contribution in [3.8, 4) is 5.75 Å². The number of rotatable bonds is 9. The average molecular weight is 467 g/mol. The van der Waals surface area contributed by atoms with Crippen LogP contribution in [-0.4, -0.2) is 28.0 Å². The second-order valence-electron chi connectivity index (χ2n) is 7.91. The lowest BCUT2D eigenvalue weighted by Crippen LogP contribution is -2.41. The first-order chi connectivity index (χ1) is 15.7. The van der Waals surface area contributed by atoms with E-state index in [1.54, 1.807) is 48.5 Å². The topological polar surface area (TPSA) is 75.7 Å². The highest BCUT2D eigenvalue weighted by Gasteiger charge is 2.28. The van der Waals surface area contributed by atoms with Crippen molar-refractivity contribution in [2.75, 3.05) is 18.0 Å². The second-order valence-corrected chi connectivity index (χ2v) is 9.77. The lowest BCUT2D eigenvalue weighted by atomic mass is 10.1. The van der Waals surface area contributed by atoms with Crippen molar-refractivity contribution in [1.82, 2.24) is 5.32 Å². The lowest BCUT2D eigenvalue weighted by Gasteiger charge is -2.25. The van der Waals surface area contributed by atoms with E-state index in [0.29, 0.717) is 11.4 Å². The molecule has 0 fully saturated rings. The molecule has 0 aliphatic carbocycles. The van der Waals surface area contributed by atoms with Crippen LogP contribution in [0.3, 0.4) is 0 Å². The van der Waals surface area contributed by atoms with E-state index >= 15 is 0 Å². The largest absolute Gasteiger partial charge is 0.497 e. The summed E-state index contributed by atoms with van der Waals surface area (Å²) in [4.78, 5) is 13.1. The minimum absolute atomic E-state index is 0.118. The number of hydrogen-bond donors (Lipinski definition) is 1. The number of ether oxygens (including phenoxy) is 1. The van der Waals surface area contributed by atoms with Gasteiger partial charge in [-0.05, 0) is 55.7 Å². The van der Waals surface area contributed by atoms with Gasteiger partial charge in [0.15, 0.2) is 0 Å². The molecule has 7 heteroatoms. The van der Waals surface area contributed by atoms with Gasteiger partial charge in [0.2, 0.25) is 5.91 Å². The van der Waals surface area contributed by atoms with Gasteiger partial charge in [-0.1, -0.05) is 55.0 Å². The van der Waals surface area contributed by atoms with E-state index in [-0.39, 0.29) is 17.5 Å². The van der Waals surface area contributed by atoms with Crippen molar-refractivity contribution in [3.05, 3.63) is 89.5 Å². The molecule has 0 bridgehead atoms. The first kappa shape index (κ1) is 24.3. The summed E-state index contributed by atoms with van der Waals surface area (Å²) in [7, 11) is -2.47. The second kappa shape index (κ2) is 10.5. The summed E-state index contributed by atoms with van der Waals surface area (Å²) < 4.78 is 33.4. The Bertz CT molecular complexity index is 1190. The Balaban J connectivity index is 1.88. The van der Waals surface area contributed by atoms with Crippen molar-refractivity contribution in [2.45, 2.75) is 38.1 Å². The maximum absolute atomic E-state index is 13.5. The summed E-state index contributed by atoms with van der Waals surface area (Å²) in [6, 6.07) is 21.0. The third kappa shape index (κ3) is 5.93. The summed E-state index contributed by atoms with van der Waals surface area (Å²) in [6.07, 6.45) is 0.938. The molecule has 3 aromatic rings. The van der Waals surface area contributed by atoms with Gasteiger partial charge in [0.1, 0.15) is 12.3 Å². The maximum Gasteiger partial charge on any atom is 0.264 e. The van der Waals surface area contributed by atoms with Crippen molar-refractivity contribution >= 4 is 21.6 Å². The van der Waals surface area contributed by atoms with Crippen molar-refractivity contribution in [3.63, 3.8) is 0 Å². The van der Waals surface area contributed by atoms with Gasteiger partial charge in [-0.25, -0.2) is 8.42 Å². The molecule has 0 aliphatic rings. The van der Waals surface area contributed by atoms with E-state index in [0.717, 1.165) is 21.9 Å². The molecule has 1 N–H and O–H groups in total. The molecule has 33 heavy (non-hydrogen) atoms. The number of nitrogens with zero attached hydrogens (tertiary/aromatic N) is 1. The number of carbonyl (C=O) groups excluding carboxylic acids is 1. The van der Waals surface area contributed by atoms with Crippen LogP contribution in [0.15, 0.2) is 77.7 Å². The van der Waals surface area contributed by atoms with E-state index in [2.05, 4.69) is 12.2 Å². The first-order valence-electron chi connectivity index (χ1n) is 10.9. The molecule has 0 radical (unpaired) electrons. The fraction of sp³-hybridized carbons (Fsp3) is 0.269. The third-order valence-corrected chi connectivity index (χ3v) is 7.29. The fourth-order valence-corrected chi connectivity index (χ4v) is 4.87. The predicted molar refractivity (Wildman–Crippen MR) is 131 cm³/mol. The van der Waals surface area contributed by atoms with Gasteiger partial charge in [0, 0.05) is 6.07 Å². The van der Waals surface area contributed by atoms with Crippen LogP contribution < -0.4 is 14.4 Å². The monoisotopic (exact) mass is 466 g/mol. The normalized spacial score (nSPS) is 12.1. The molecule has 0 heterocycles. The van der Waals surface area contributed by atoms with E-state index < -0.39 is 15.9 Å². The quantitative estimate of drug-likeness (QED) is 0.499. The number of amides is 1. The Morgan fingerprint density at radius 2 is 1.70 bits per heavy atom. The van der Waals surface area contributed by atoms with Crippen molar-refractivity contribution in [1.29, 1.82) is 0 Å². The molecule has 0 aliphatic heterocycles. The van der Waals surface area contributed by atoms with Gasteiger partial charge in [0.25, 0.3) is 10.0 Å². The zero-order valence-electron chi connectivity index (χ0n) is 19.4. The highest BCUT2D eigenvalue weighted by atomic mass is 32.2. The minimum atomic E-state index is -3.98. The molecule has 0 saturated heterocycles. The molecule has 1 amide bonds. The number of sulfonamides is 1. The molecule has 1 atom stereocenters. The molecule has 6 nitrogen and oxygen atoms in total. The summed E-state index contributed by atoms with van der Waals surface area (Å²) in [5, 5.41) is 2.92. The predicted octanol–water partition coefficient (Wildman–Crippen LogP) is 4.64. The van der Waals surface area contributed by atoms with Crippen LogP contribution in [0.2, 0.25) is 0 Å². The van der Waals surface area contributed by atoms with Crippen LogP contribution in [-0.2, 0) is 21.2 Å². The highest BCUT2D eigenvalue weighted by molar-refractivity contribution is 7.92. The summed E-state index contributed by atoms with van der Waals surface area (Å²) in [6.45, 7) is 5.49. The number of hydrogen-bond acceptors (Lipinski definition) is 4. The summed E-state index contributed by atoms with van der Waals surface area (Å²) >= 11 is 0. The smallest absolute Gasteiger partial charge is 0.264 e. The first-order valence-corrected chi connectivity index (χ1v) is 12.3. The molecule has 3 aromatic carbocycles. The molecule has 0 spiro atoms. The van der Waals surface area contributed by atoms with E-state index in [9.17, 15) is 13.2 Å². The van der Waals surface area contributed by atoms with Gasteiger partial charge in [-0.3, -0.25) is 9.10 Å². The zero-order chi connectivity index (χ0) is 24.0. The Morgan fingerprint density at radius 3 is 2.30 bits per heavy atom. The molecule has 174 valence electrons. The zero-order valence-corrected chi connectivity index (χ0v) is 20.2. The number of anilines is 1. The maximum atomic E-state index is 13.5. The number of aryl methyl sites for hydroxylation is 2. The van der Waals surface area contributed by atoms with Crippen LogP contribution in [0.5, 0.6) is 5.75 Å². The SMILES string of the molecule is CCc1ccc([C@H](C)NC(=O)CN(c2cccc(OC)c2)S(=O)(=O)c2ccc(C)cc2)cc1. The van der Waals surface area contributed by atoms with Gasteiger partial charge in [-0.15, -0.1) is 0 Å². The standard InChI is InChI=1S/C26H30N2O4S/c1-5-21-11-13-22(14-12-21)20(3)27-26(29)18-28(23-7-6-8-24(17-23)32-4)33(30,31)25-15-9-19(2)10-16-25/h6-17,20H,5,18H2,1-4H3,(H,27,29)/t20-/m0/s1. The van der Waals surface area contributed by atoms with E-state index in [1.165, 1.54) is 12.7 Å². The molecule has 0 unspecified atom stereocenters. The van der Waals surface area contributed by atoms with Gasteiger partial charge < -0.3 is 10.1 Å².